The second kappa shape index (κ2) is 7.81. The highest BCUT2D eigenvalue weighted by Gasteiger charge is 2.26. The van der Waals surface area contributed by atoms with Crippen molar-refractivity contribution in [3.63, 3.8) is 0 Å². The molecule has 0 aromatic heterocycles. The lowest BCUT2D eigenvalue weighted by atomic mass is 10.2. The number of aliphatic carboxylic acids is 1. The van der Waals surface area contributed by atoms with Gasteiger partial charge in [-0.25, -0.2) is 12.7 Å². The van der Waals surface area contributed by atoms with E-state index < -0.39 is 16.0 Å². The number of hydrogen-bond acceptors (Lipinski definition) is 4. The summed E-state index contributed by atoms with van der Waals surface area (Å²) in [5.74, 6) is -1.38. The van der Waals surface area contributed by atoms with Gasteiger partial charge in [0.05, 0.1) is 12.2 Å². The van der Waals surface area contributed by atoms with Crippen LogP contribution in [0.2, 0.25) is 0 Å². The number of sulfonamides is 1. The van der Waals surface area contributed by atoms with Crippen LogP contribution in [0.4, 0.5) is 0 Å². The molecule has 0 radical (unpaired) electrons. The maximum absolute atomic E-state index is 12.2. The molecule has 7 heteroatoms. The molecule has 1 heterocycles. The Hall–Kier alpha value is -0.660. The number of rotatable bonds is 9. The summed E-state index contributed by atoms with van der Waals surface area (Å²) in [6.45, 7) is 3.88. The lowest BCUT2D eigenvalue weighted by Crippen LogP contribution is -2.42. The van der Waals surface area contributed by atoms with Gasteiger partial charge in [-0.05, 0) is 25.8 Å². The van der Waals surface area contributed by atoms with E-state index in [1.807, 2.05) is 6.92 Å². The Bertz CT molecular complexity index is 377. The van der Waals surface area contributed by atoms with Gasteiger partial charge in [0.15, 0.2) is 0 Å². The number of carboxylic acid groups (broad SMARTS) is 1. The van der Waals surface area contributed by atoms with Gasteiger partial charge in [-0.1, -0.05) is 13.3 Å². The first-order valence-electron chi connectivity index (χ1n) is 6.88. The number of nitrogens with one attached hydrogen (secondary N) is 1. The van der Waals surface area contributed by atoms with Gasteiger partial charge in [0, 0.05) is 19.1 Å². The van der Waals surface area contributed by atoms with E-state index in [1.54, 1.807) is 0 Å². The molecule has 0 aromatic rings. The summed E-state index contributed by atoms with van der Waals surface area (Å²) >= 11 is 0. The number of carboxylic acids is 1. The molecule has 1 aliphatic rings. The van der Waals surface area contributed by atoms with Crippen LogP contribution in [-0.4, -0.2) is 55.2 Å². The highest BCUT2D eigenvalue weighted by Crippen LogP contribution is 2.12. The average molecular weight is 292 g/mol. The zero-order chi connectivity index (χ0) is 14.3. The van der Waals surface area contributed by atoms with Crippen LogP contribution in [0.15, 0.2) is 0 Å². The maximum Gasteiger partial charge on any atom is 0.304 e. The molecular formula is C12H24N2O4S. The lowest BCUT2D eigenvalue weighted by molar-refractivity contribution is -0.136. The van der Waals surface area contributed by atoms with Crippen molar-refractivity contribution in [2.75, 3.05) is 25.4 Å². The van der Waals surface area contributed by atoms with E-state index in [-0.39, 0.29) is 18.2 Å². The normalized spacial score (nSPS) is 20.0. The average Bonchev–Trinajstić information content (AvgIpc) is 2.84. The first-order valence-corrected chi connectivity index (χ1v) is 8.49. The summed E-state index contributed by atoms with van der Waals surface area (Å²) in [5, 5.41) is 11.9. The molecule has 6 nitrogen and oxygen atoms in total. The molecule has 0 bridgehead atoms. The topological polar surface area (TPSA) is 86.7 Å². The molecule has 0 aromatic carbocycles. The second-order valence-electron chi connectivity index (χ2n) is 4.96. The van der Waals surface area contributed by atoms with Gasteiger partial charge in [0.25, 0.3) is 0 Å². The molecule has 19 heavy (non-hydrogen) atoms. The zero-order valence-electron chi connectivity index (χ0n) is 11.5. The highest BCUT2D eigenvalue weighted by molar-refractivity contribution is 7.89. The Morgan fingerprint density at radius 1 is 1.47 bits per heavy atom. The molecule has 0 spiro atoms. The molecule has 0 saturated carbocycles. The van der Waals surface area contributed by atoms with E-state index in [4.69, 9.17) is 5.11 Å². The van der Waals surface area contributed by atoms with Gasteiger partial charge in [0.1, 0.15) is 0 Å². The Balaban J connectivity index is 2.61. The Kier molecular flexibility index (Phi) is 6.74. The van der Waals surface area contributed by atoms with E-state index in [9.17, 15) is 13.2 Å². The first-order chi connectivity index (χ1) is 8.95. The molecule has 1 fully saturated rings. The van der Waals surface area contributed by atoms with Crippen LogP contribution >= 0.6 is 0 Å². The fourth-order valence-corrected chi connectivity index (χ4v) is 3.69. The summed E-state index contributed by atoms with van der Waals surface area (Å²) in [7, 11) is -3.46. The molecule has 112 valence electrons. The Labute approximate surface area is 115 Å². The SMILES string of the molecule is CCCCN(CC1CCCN1)S(=O)(=O)CCC(=O)O. The predicted molar refractivity (Wildman–Crippen MR) is 73.5 cm³/mol. The molecular weight excluding hydrogens is 268 g/mol. The van der Waals surface area contributed by atoms with Gasteiger partial charge < -0.3 is 10.4 Å². The molecule has 2 N–H and O–H groups in total. The molecule has 0 amide bonds. The second-order valence-corrected chi connectivity index (χ2v) is 7.05. The van der Waals surface area contributed by atoms with Gasteiger partial charge in [-0.3, -0.25) is 4.79 Å². The summed E-state index contributed by atoms with van der Waals surface area (Å²) in [6.07, 6.45) is 3.45. The van der Waals surface area contributed by atoms with Crippen molar-refractivity contribution in [3.8, 4) is 0 Å². The van der Waals surface area contributed by atoms with Gasteiger partial charge >= 0.3 is 5.97 Å². The van der Waals surface area contributed by atoms with E-state index >= 15 is 0 Å². The molecule has 1 aliphatic heterocycles. The van der Waals surface area contributed by atoms with E-state index in [0.717, 1.165) is 32.2 Å². The number of carbonyl (C=O) groups is 1. The van der Waals surface area contributed by atoms with E-state index in [1.165, 1.54) is 4.31 Å². The van der Waals surface area contributed by atoms with Crippen molar-refractivity contribution in [1.82, 2.24) is 9.62 Å². The van der Waals surface area contributed by atoms with Crippen LogP contribution in [0.3, 0.4) is 0 Å². The molecule has 1 unspecified atom stereocenters. The summed E-state index contributed by atoms with van der Waals surface area (Å²) in [6, 6.07) is 0.205. The highest BCUT2D eigenvalue weighted by atomic mass is 32.2. The first kappa shape index (κ1) is 16.4. The van der Waals surface area contributed by atoms with Crippen molar-refractivity contribution in [2.45, 2.75) is 45.1 Å². The fraction of sp³-hybridized carbons (Fsp3) is 0.917. The smallest absolute Gasteiger partial charge is 0.304 e. The van der Waals surface area contributed by atoms with Crippen molar-refractivity contribution in [3.05, 3.63) is 0 Å². The van der Waals surface area contributed by atoms with Crippen molar-refractivity contribution in [2.24, 2.45) is 0 Å². The van der Waals surface area contributed by atoms with Gasteiger partial charge in [0.2, 0.25) is 10.0 Å². The third-order valence-electron chi connectivity index (χ3n) is 3.31. The Morgan fingerprint density at radius 2 is 2.21 bits per heavy atom. The predicted octanol–water partition coefficient (Wildman–Crippen LogP) is 0.645. The van der Waals surface area contributed by atoms with E-state index in [0.29, 0.717) is 13.1 Å². The van der Waals surface area contributed by atoms with Crippen LogP contribution in [0.1, 0.15) is 39.0 Å². The van der Waals surface area contributed by atoms with Gasteiger partial charge in [-0.2, -0.15) is 0 Å². The molecule has 1 saturated heterocycles. The third-order valence-corrected chi connectivity index (χ3v) is 5.15. The van der Waals surface area contributed by atoms with Crippen molar-refractivity contribution < 1.29 is 18.3 Å². The minimum atomic E-state index is -3.46. The Morgan fingerprint density at radius 3 is 2.74 bits per heavy atom. The number of unbranched alkanes of at least 4 members (excludes halogenated alkanes) is 1. The molecule has 1 rings (SSSR count). The van der Waals surface area contributed by atoms with Crippen LogP contribution in [0.5, 0.6) is 0 Å². The third kappa shape index (κ3) is 5.88. The molecule has 0 aliphatic carbocycles. The van der Waals surface area contributed by atoms with Crippen LogP contribution < -0.4 is 5.32 Å². The minimum absolute atomic E-state index is 0.205. The minimum Gasteiger partial charge on any atom is -0.481 e. The number of nitrogens with zero attached hydrogens (tertiary/aromatic N) is 1. The lowest BCUT2D eigenvalue weighted by Gasteiger charge is -2.25. The fourth-order valence-electron chi connectivity index (χ4n) is 2.18. The summed E-state index contributed by atoms with van der Waals surface area (Å²) in [5.41, 5.74) is 0. The standard InChI is InChI=1S/C12H24N2O4S/c1-2-3-8-14(10-11-5-4-7-13-11)19(17,18)9-6-12(15)16/h11,13H,2-10H2,1H3,(H,15,16). The van der Waals surface area contributed by atoms with E-state index in [2.05, 4.69) is 5.32 Å². The van der Waals surface area contributed by atoms with Crippen molar-refractivity contribution >= 4 is 16.0 Å². The quantitative estimate of drug-likeness (QED) is 0.651. The monoisotopic (exact) mass is 292 g/mol. The summed E-state index contributed by atoms with van der Waals surface area (Å²) < 4.78 is 25.8. The summed E-state index contributed by atoms with van der Waals surface area (Å²) in [4.78, 5) is 10.5. The number of hydrogen-bond donors (Lipinski definition) is 2. The largest absolute Gasteiger partial charge is 0.481 e. The van der Waals surface area contributed by atoms with Crippen LogP contribution in [0.25, 0.3) is 0 Å². The maximum atomic E-state index is 12.2. The van der Waals surface area contributed by atoms with Crippen molar-refractivity contribution in [1.29, 1.82) is 0 Å². The van der Waals surface area contributed by atoms with Gasteiger partial charge in [-0.15, -0.1) is 0 Å². The zero-order valence-corrected chi connectivity index (χ0v) is 12.3. The molecule has 1 atom stereocenters. The van der Waals surface area contributed by atoms with Crippen LogP contribution in [-0.2, 0) is 14.8 Å². The van der Waals surface area contributed by atoms with Crippen LogP contribution in [0, 0.1) is 0 Å².